The number of benzene rings is 2. The first kappa shape index (κ1) is 28.7. The van der Waals surface area contributed by atoms with E-state index in [0.717, 1.165) is 0 Å². The van der Waals surface area contributed by atoms with E-state index in [-0.39, 0.29) is 55.0 Å². The molecule has 0 aliphatic carbocycles. The Morgan fingerprint density at radius 2 is 1.68 bits per heavy atom. The van der Waals surface area contributed by atoms with Crippen LogP contribution in [0, 0.1) is 11.2 Å². The Hall–Kier alpha value is -3.82. The normalized spacial score (nSPS) is 12.7. The van der Waals surface area contributed by atoms with Crippen molar-refractivity contribution in [1.29, 1.82) is 5.41 Å². The van der Waals surface area contributed by atoms with E-state index in [4.69, 9.17) is 24.4 Å². The number of methoxy groups -OCH3 is 2. The number of rotatable bonds is 11. The van der Waals surface area contributed by atoms with Gasteiger partial charge in [0.05, 0.1) is 39.5 Å². The Bertz CT molecular complexity index is 1240. The number of carbonyl (C=O) groups is 2. The summed E-state index contributed by atoms with van der Waals surface area (Å²) in [5, 5.41) is 8.60. The summed E-state index contributed by atoms with van der Waals surface area (Å²) in [7, 11) is 2.72. The number of carbonyl (C=O) groups excluding carboxylic acids is 2. The third-order valence-electron chi connectivity index (χ3n) is 6.07. The first-order valence-corrected chi connectivity index (χ1v) is 12.4. The first-order chi connectivity index (χ1) is 18.0. The van der Waals surface area contributed by atoms with Gasteiger partial charge < -0.3 is 28.6 Å². The Morgan fingerprint density at radius 3 is 2.26 bits per heavy atom. The van der Waals surface area contributed by atoms with Gasteiger partial charge in [-0.15, -0.1) is 0 Å². The van der Waals surface area contributed by atoms with Gasteiger partial charge in [-0.05, 0) is 43.0 Å². The number of Topliss-reactive ketones (excluding diaryl/α,β-unsaturated/α-hetero) is 1. The average molecular weight is 531 g/mol. The number of halogens is 1. The van der Waals surface area contributed by atoms with Crippen molar-refractivity contribution in [3.8, 4) is 23.0 Å². The zero-order valence-electron chi connectivity index (χ0n) is 23.0. The minimum atomic E-state index is -0.670. The molecule has 9 nitrogen and oxygen atoms in total. The highest BCUT2D eigenvalue weighted by Crippen LogP contribution is 2.41. The van der Waals surface area contributed by atoms with E-state index in [2.05, 4.69) is 4.74 Å². The van der Waals surface area contributed by atoms with Crippen molar-refractivity contribution in [2.75, 3.05) is 40.6 Å². The number of fused-ring (bicyclic) bond motifs is 1. The number of esters is 1. The number of nitrogens with zero attached hydrogens (tertiary/aromatic N) is 1. The summed E-state index contributed by atoms with van der Waals surface area (Å²) in [4.78, 5) is 26.6. The maximum absolute atomic E-state index is 15.4. The third kappa shape index (κ3) is 5.84. The molecule has 2 aromatic carbocycles. The lowest BCUT2D eigenvalue weighted by Gasteiger charge is -2.25. The fourth-order valence-electron chi connectivity index (χ4n) is 4.23. The summed E-state index contributed by atoms with van der Waals surface area (Å²) in [5.74, 6) is -0.738. The number of hydrogen-bond donors (Lipinski definition) is 1. The Labute approximate surface area is 222 Å². The quantitative estimate of drug-likeness (QED) is 0.334. The lowest BCUT2D eigenvalue weighted by Crippen LogP contribution is -2.30. The fourth-order valence-corrected chi connectivity index (χ4v) is 4.23. The van der Waals surface area contributed by atoms with E-state index < -0.39 is 17.2 Å². The van der Waals surface area contributed by atoms with Gasteiger partial charge >= 0.3 is 5.97 Å². The van der Waals surface area contributed by atoms with Crippen LogP contribution in [0.1, 0.15) is 61.7 Å². The molecule has 38 heavy (non-hydrogen) atoms. The van der Waals surface area contributed by atoms with Crippen LogP contribution in [0.5, 0.6) is 23.0 Å². The largest absolute Gasteiger partial charge is 0.493 e. The SMILES string of the molecule is CCOc1cc2c(c(F)c1OCC)C(=N)N(CC(=O)c1cc(OC)c(OCC(=O)OC)c(C(C)(C)C)c1)C2. The lowest BCUT2D eigenvalue weighted by molar-refractivity contribution is -0.142. The smallest absolute Gasteiger partial charge is 0.343 e. The molecular weight excluding hydrogens is 495 g/mol. The molecule has 0 saturated carbocycles. The van der Waals surface area contributed by atoms with Gasteiger partial charge in [-0.2, -0.15) is 0 Å². The number of hydrogen-bond acceptors (Lipinski definition) is 8. The van der Waals surface area contributed by atoms with Crippen LogP contribution in [0.3, 0.4) is 0 Å². The maximum Gasteiger partial charge on any atom is 0.343 e. The van der Waals surface area contributed by atoms with Crippen molar-refractivity contribution >= 4 is 17.6 Å². The number of nitrogens with one attached hydrogen (secondary N) is 1. The predicted octanol–water partition coefficient (Wildman–Crippen LogP) is 4.50. The molecule has 0 fully saturated rings. The first-order valence-electron chi connectivity index (χ1n) is 12.4. The van der Waals surface area contributed by atoms with Crippen molar-refractivity contribution in [3.63, 3.8) is 0 Å². The minimum absolute atomic E-state index is 0.0341. The van der Waals surface area contributed by atoms with E-state index in [9.17, 15) is 9.59 Å². The zero-order chi connectivity index (χ0) is 28.2. The summed E-state index contributed by atoms with van der Waals surface area (Å²) in [6.07, 6.45) is 0. The van der Waals surface area contributed by atoms with Gasteiger partial charge in [0.15, 0.2) is 41.2 Å². The summed E-state index contributed by atoms with van der Waals surface area (Å²) in [6, 6.07) is 4.91. The molecule has 1 aliphatic heterocycles. The van der Waals surface area contributed by atoms with E-state index in [0.29, 0.717) is 34.8 Å². The number of amidine groups is 1. The van der Waals surface area contributed by atoms with Gasteiger partial charge in [0.25, 0.3) is 0 Å². The fraction of sp³-hybridized carbons (Fsp3) is 0.464. The van der Waals surface area contributed by atoms with E-state index in [1.165, 1.54) is 25.2 Å². The molecule has 0 unspecified atom stereocenters. The topological polar surface area (TPSA) is 107 Å². The van der Waals surface area contributed by atoms with Crippen LogP contribution in [-0.4, -0.2) is 63.1 Å². The molecule has 0 saturated heterocycles. The van der Waals surface area contributed by atoms with Crippen LogP contribution in [-0.2, 0) is 21.5 Å². The summed E-state index contributed by atoms with van der Waals surface area (Å²) < 4.78 is 42.3. The van der Waals surface area contributed by atoms with Gasteiger partial charge in [0.2, 0.25) is 0 Å². The van der Waals surface area contributed by atoms with Gasteiger partial charge in [-0.25, -0.2) is 9.18 Å². The van der Waals surface area contributed by atoms with Crippen LogP contribution in [0.15, 0.2) is 18.2 Å². The molecule has 1 aliphatic rings. The molecule has 0 bridgehead atoms. The number of ketones is 1. The lowest BCUT2D eigenvalue weighted by atomic mass is 9.84. The standard InChI is InChI=1S/C28H35FN2O7/c1-8-36-21-12-17-13-31(27(30)23(17)24(29)26(21)37-9-2)14-19(32)16-10-18(28(3,4)5)25(20(11-16)34-6)38-15-22(33)35-7/h10-12,30H,8-9,13-15H2,1-7H3. The molecule has 0 atom stereocenters. The van der Waals surface area contributed by atoms with E-state index in [1.807, 2.05) is 20.8 Å². The number of ether oxygens (including phenoxy) is 5. The molecule has 2 aromatic rings. The van der Waals surface area contributed by atoms with Gasteiger partial charge in [-0.1, -0.05) is 20.8 Å². The second-order valence-electron chi connectivity index (χ2n) is 9.72. The summed E-state index contributed by atoms with van der Waals surface area (Å²) in [6.45, 7) is 9.64. The van der Waals surface area contributed by atoms with Crippen molar-refractivity contribution in [2.24, 2.45) is 0 Å². The van der Waals surface area contributed by atoms with Gasteiger partial charge in [0, 0.05) is 17.7 Å². The van der Waals surface area contributed by atoms with Crippen LogP contribution in [0.25, 0.3) is 0 Å². The zero-order valence-corrected chi connectivity index (χ0v) is 23.0. The van der Waals surface area contributed by atoms with Crippen LogP contribution in [0.2, 0.25) is 0 Å². The van der Waals surface area contributed by atoms with Crippen LogP contribution >= 0.6 is 0 Å². The monoisotopic (exact) mass is 530 g/mol. The molecule has 0 radical (unpaired) electrons. The van der Waals surface area contributed by atoms with E-state index in [1.54, 1.807) is 26.0 Å². The molecule has 1 N–H and O–H groups in total. The molecule has 1 heterocycles. The van der Waals surface area contributed by atoms with Gasteiger partial charge in [-0.3, -0.25) is 10.2 Å². The van der Waals surface area contributed by atoms with Crippen molar-refractivity contribution in [1.82, 2.24) is 4.90 Å². The minimum Gasteiger partial charge on any atom is -0.493 e. The highest BCUT2D eigenvalue weighted by molar-refractivity contribution is 6.06. The highest BCUT2D eigenvalue weighted by Gasteiger charge is 2.34. The summed E-state index contributed by atoms with van der Waals surface area (Å²) >= 11 is 0. The predicted molar refractivity (Wildman–Crippen MR) is 140 cm³/mol. The molecule has 0 amide bonds. The second kappa shape index (κ2) is 11.7. The Morgan fingerprint density at radius 1 is 1.00 bits per heavy atom. The van der Waals surface area contributed by atoms with Crippen LogP contribution in [0.4, 0.5) is 4.39 Å². The third-order valence-corrected chi connectivity index (χ3v) is 6.07. The van der Waals surface area contributed by atoms with Crippen LogP contribution < -0.4 is 18.9 Å². The average Bonchev–Trinajstić information content (AvgIpc) is 3.18. The van der Waals surface area contributed by atoms with Crippen molar-refractivity contribution in [3.05, 3.63) is 46.3 Å². The van der Waals surface area contributed by atoms with E-state index >= 15 is 4.39 Å². The Kier molecular flexibility index (Phi) is 8.85. The molecular formula is C28H35FN2O7. The highest BCUT2D eigenvalue weighted by atomic mass is 19.1. The molecule has 0 aromatic heterocycles. The molecule has 3 rings (SSSR count). The Balaban J connectivity index is 1.93. The molecule has 0 spiro atoms. The second-order valence-corrected chi connectivity index (χ2v) is 9.72. The molecule has 10 heteroatoms. The maximum atomic E-state index is 15.4. The summed E-state index contributed by atoms with van der Waals surface area (Å²) in [5.41, 5.74) is 1.19. The molecule has 206 valence electrons. The van der Waals surface area contributed by atoms with Crippen molar-refractivity contribution < 1.29 is 37.7 Å². The van der Waals surface area contributed by atoms with Gasteiger partial charge in [0.1, 0.15) is 5.84 Å². The van der Waals surface area contributed by atoms with Crippen molar-refractivity contribution in [2.45, 2.75) is 46.6 Å².